The van der Waals surface area contributed by atoms with Gasteiger partial charge in [0.1, 0.15) is 18.1 Å². The number of methoxy groups -OCH3 is 2. The molecule has 0 atom stereocenters. The van der Waals surface area contributed by atoms with Crippen molar-refractivity contribution in [3.63, 3.8) is 0 Å². The van der Waals surface area contributed by atoms with Crippen molar-refractivity contribution < 1.29 is 27.0 Å². The minimum absolute atomic E-state index is 0.0169. The van der Waals surface area contributed by atoms with Crippen LogP contribution >= 0.6 is 0 Å². The Hall–Kier alpha value is -2.32. The minimum atomic E-state index is -3.82. The molecule has 0 aliphatic heterocycles. The number of benzene rings is 2. The van der Waals surface area contributed by atoms with E-state index in [0.29, 0.717) is 11.5 Å². The quantitative estimate of drug-likeness (QED) is 0.735. The summed E-state index contributed by atoms with van der Waals surface area (Å²) in [4.78, 5) is -0.176. The van der Waals surface area contributed by atoms with Gasteiger partial charge in [-0.2, -0.15) is 0 Å². The first-order chi connectivity index (χ1) is 11.5. The second-order valence-electron chi connectivity index (χ2n) is 4.72. The van der Waals surface area contributed by atoms with Gasteiger partial charge in [0, 0.05) is 6.54 Å². The summed E-state index contributed by atoms with van der Waals surface area (Å²) in [6.07, 6.45) is 0. The van der Waals surface area contributed by atoms with Crippen molar-refractivity contribution in [2.75, 3.05) is 27.4 Å². The van der Waals surface area contributed by atoms with Crippen LogP contribution in [-0.4, -0.2) is 35.8 Å². The van der Waals surface area contributed by atoms with Gasteiger partial charge in [-0.3, -0.25) is 0 Å². The van der Waals surface area contributed by atoms with Crippen LogP contribution in [0.4, 0.5) is 4.39 Å². The molecular weight excluding hydrogens is 337 g/mol. The topological polar surface area (TPSA) is 73.9 Å². The van der Waals surface area contributed by atoms with Crippen molar-refractivity contribution in [2.24, 2.45) is 0 Å². The molecule has 0 bridgehead atoms. The van der Waals surface area contributed by atoms with E-state index in [1.54, 1.807) is 31.4 Å². The molecule has 2 rings (SSSR count). The fourth-order valence-electron chi connectivity index (χ4n) is 1.91. The molecule has 8 heteroatoms. The maximum absolute atomic E-state index is 13.6. The average molecular weight is 355 g/mol. The molecule has 0 heterocycles. The molecule has 24 heavy (non-hydrogen) atoms. The van der Waals surface area contributed by atoms with Crippen LogP contribution in [0.2, 0.25) is 0 Å². The molecule has 0 fully saturated rings. The van der Waals surface area contributed by atoms with E-state index in [2.05, 4.69) is 4.72 Å². The third kappa shape index (κ3) is 4.59. The Morgan fingerprint density at radius 2 is 1.67 bits per heavy atom. The molecule has 0 amide bonds. The number of halogens is 1. The summed E-state index contributed by atoms with van der Waals surface area (Å²) in [5.41, 5.74) is 0. The van der Waals surface area contributed by atoms with E-state index >= 15 is 0 Å². The van der Waals surface area contributed by atoms with E-state index in [9.17, 15) is 12.8 Å². The van der Waals surface area contributed by atoms with Crippen LogP contribution in [-0.2, 0) is 10.0 Å². The van der Waals surface area contributed by atoms with Crippen molar-refractivity contribution >= 4 is 10.0 Å². The summed E-state index contributed by atoms with van der Waals surface area (Å²) in [5.74, 6) is 0.529. The van der Waals surface area contributed by atoms with E-state index in [1.807, 2.05) is 0 Å². The Bertz CT molecular complexity index is 778. The van der Waals surface area contributed by atoms with E-state index in [-0.39, 0.29) is 23.8 Å². The lowest BCUT2D eigenvalue weighted by Crippen LogP contribution is -2.28. The first-order valence-corrected chi connectivity index (χ1v) is 8.54. The summed E-state index contributed by atoms with van der Waals surface area (Å²) in [6.45, 7) is 0.173. The van der Waals surface area contributed by atoms with E-state index in [4.69, 9.17) is 14.2 Å². The molecule has 6 nitrogen and oxygen atoms in total. The first-order valence-electron chi connectivity index (χ1n) is 7.06. The van der Waals surface area contributed by atoms with Crippen molar-refractivity contribution in [2.45, 2.75) is 4.90 Å². The zero-order valence-electron chi connectivity index (χ0n) is 13.3. The number of rotatable bonds is 8. The summed E-state index contributed by atoms with van der Waals surface area (Å²) in [6, 6.07) is 10.3. The molecule has 0 saturated carbocycles. The zero-order chi connectivity index (χ0) is 17.6. The smallest absolute Gasteiger partial charge is 0.240 e. The second kappa shape index (κ2) is 7.98. The first kappa shape index (κ1) is 18.0. The molecule has 2 aromatic rings. The highest BCUT2D eigenvalue weighted by Crippen LogP contribution is 2.20. The van der Waals surface area contributed by atoms with Crippen molar-refractivity contribution in [3.05, 3.63) is 48.3 Å². The highest BCUT2D eigenvalue weighted by molar-refractivity contribution is 7.89. The predicted octanol–water partition coefficient (Wildman–Crippen LogP) is 2.20. The van der Waals surface area contributed by atoms with Crippen molar-refractivity contribution in [3.8, 4) is 17.2 Å². The van der Waals surface area contributed by atoms with E-state index < -0.39 is 15.8 Å². The fourth-order valence-corrected chi connectivity index (χ4v) is 2.94. The molecule has 130 valence electrons. The SMILES string of the molecule is COc1ccc(OCCNS(=O)(=O)c2ccc(OC)c(F)c2)cc1. The maximum atomic E-state index is 13.6. The third-order valence-corrected chi connectivity index (χ3v) is 4.61. The van der Waals surface area contributed by atoms with Crippen LogP contribution in [0.3, 0.4) is 0 Å². The van der Waals surface area contributed by atoms with Crippen molar-refractivity contribution in [1.29, 1.82) is 0 Å². The van der Waals surface area contributed by atoms with Gasteiger partial charge in [-0.15, -0.1) is 0 Å². The van der Waals surface area contributed by atoms with Crippen molar-refractivity contribution in [1.82, 2.24) is 4.72 Å². The van der Waals surface area contributed by atoms with Gasteiger partial charge in [0.05, 0.1) is 19.1 Å². The van der Waals surface area contributed by atoms with Gasteiger partial charge < -0.3 is 14.2 Å². The molecule has 0 aromatic heterocycles. The van der Waals surface area contributed by atoms with Gasteiger partial charge in [-0.1, -0.05) is 0 Å². The van der Waals surface area contributed by atoms with Crippen LogP contribution in [0.25, 0.3) is 0 Å². The monoisotopic (exact) mass is 355 g/mol. The number of hydrogen-bond acceptors (Lipinski definition) is 5. The highest BCUT2D eigenvalue weighted by Gasteiger charge is 2.16. The van der Waals surface area contributed by atoms with Gasteiger partial charge in [-0.25, -0.2) is 17.5 Å². The molecular formula is C16H18FNO5S. The summed E-state index contributed by atoms with van der Waals surface area (Å²) in [7, 11) is -0.949. The lowest BCUT2D eigenvalue weighted by Gasteiger charge is -2.10. The Morgan fingerprint density at radius 3 is 2.25 bits per heavy atom. The molecule has 0 aliphatic carbocycles. The lowest BCUT2D eigenvalue weighted by molar-refractivity contribution is 0.322. The molecule has 0 aliphatic rings. The Labute approximate surface area is 140 Å². The minimum Gasteiger partial charge on any atom is -0.497 e. The third-order valence-electron chi connectivity index (χ3n) is 3.16. The van der Waals surface area contributed by atoms with Gasteiger partial charge >= 0.3 is 0 Å². The van der Waals surface area contributed by atoms with E-state index in [0.717, 1.165) is 6.07 Å². The summed E-state index contributed by atoms with van der Waals surface area (Å²) < 4.78 is 55.3. The summed E-state index contributed by atoms with van der Waals surface area (Å²) >= 11 is 0. The van der Waals surface area contributed by atoms with Crippen LogP contribution in [0.15, 0.2) is 47.4 Å². The molecule has 0 unspecified atom stereocenters. The number of ether oxygens (including phenoxy) is 3. The van der Waals surface area contributed by atoms with E-state index in [1.165, 1.54) is 19.2 Å². The van der Waals surface area contributed by atoms with Gasteiger partial charge in [-0.05, 0) is 42.5 Å². The van der Waals surface area contributed by atoms with Gasteiger partial charge in [0.15, 0.2) is 11.6 Å². The largest absolute Gasteiger partial charge is 0.497 e. The number of sulfonamides is 1. The van der Waals surface area contributed by atoms with Gasteiger partial charge in [0.2, 0.25) is 10.0 Å². The maximum Gasteiger partial charge on any atom is 0.240 e. The number of nitrogens with one attached hydrogen (secondary N) is 1. The van der Waals surface area contributed by atoms with Crippen LogP contribution in [0, 0.1) is 5.82 Å². The molecule has 1 N–H and O–H groups in total. The Kier molecular flexibility index (Phi) is 5.99. The van der Waals surface area contributed by atoms with Crippen LogP contribution in [0.5, 0.6) is 17.2 Å². The Morgan fingerprint density at radius 1 is 1.00 bits per heavy atom. The lowest BCUT2D eigenvalue weighted by atomic mass is 10.3. The molecule has 0 spiro atoms. The molecule has 2 aromatic carbocycles. The summed E-state index contributed by atoms with van der Waals surface area (Å²) in [5, 5.41) is 0. The predicted molar refractivity (Wildman–Crippen MR) is 86.6 cm³/mol. The van der Waals surface area contributed by atoms with Crippen LogP contribution in [0.1, 0.15) is 0 Å². The molecule has 0 saturated heterocycles. The zero-order valence-corrected chi connectivity index (χ0v) is 14.1. The second-order valence-corrected chi connectivity index (χ2v) is 6.49. The Balaban J connectivity index is 1.89. The highest BCUT2D eigenvalue weighted by atomic mass is 32.2. The number of hydrogen-bond donors (Lipinski definition) is 1. The molecule has 0 radical (unpaired) electrons. The average Bonchev–Trinajstić information content (AvgIpc) is 2.59. The fraction of sp³-hybridized carbons (Fsp3) is 0.250. The normalized spacial score (nSPS) is 11.1. The standard InChI is InChI=1S/C16H18FNO5S/c1-21-12-3-5-13(6-4-12)23-10-9-18-24(19,20)14-7-8-16(22-2)15(17)11-14/h3-8,11,18H,9-10H2,1-2H3. The van der Waals surface area contributed by atoms with Crippen LogP contribution < -0.4 is 18.9 Å². The van der Waals surface area contributed by atoms with Gasteiger partial charge in [0.25, 0.3) is 0 Å².